The van der Waals surface area contributed by atoms with E-state index in [1.165, 1.54) is 6.07 Å². The van der Waals surface area contributed by atoms with Crippen LogP contribution in [-0.2, 0) is 11.2 Å². The number of aromatic amines is 1. The molecule has 168 valence electrons. The summed E-state index contributed by atoms with van der Waals surface area (Å²) in [4.78, 5) is 26.8. The third kappa shape index (κ3) is 4.88. The largest absolute Gasteiger partial charge is 0.372 e. The number of nitrogens with one attached hydrogen (secondary N) is 1. The molecule has 0 bridgehead atoms. The van der Waals surface area contributed by atoms with Crippen LogP contribution in [-0.4, -0.2) is 45.8 Å². The number of amides is 1. The molecule has 0 saturated carbocycles. The van der Waals surface area contributed by atoms with Crippen LogP contribution >= 0.6 is 0 Å². The van der Waals surface area contributed by atoms with Crippen molar-refractivity contribution >= 4 is 16.7 Å². The maximum absolute atomic E-state index is 14.6. The van der Waals surface area contributed by atoms with Crippen molar-refractivity contribution in [1.29, 1.82) is 0 Å². The van der Waals surface area contributed by atoms with E-state index in [0.717, 1.165) is 23.8 Å². The van der Waals surface area contributed by atoms with Gasteiger partial charge in [0.15, 0.2) is 0 Å². The smallest absolute Gasteiger partial charge is 0.272 e. The number of hydrogen-bond acceptors (Lipinski definition) is 4. The Labute approximate surface area is 186 Å². The van der Waals surface area contributed by atoms with E-state index in [1.807, 2.05) is 32.9 Å². The van der Waals surface area contributed by atoms with Crippen molar-refractivity contribution in [2.45, 2.75) is 51.7 Å². The van der Waals surface area contributed by atoms with E-state index in [9.17, 15) is 14.0 Å². The Kier molecular flexibility index (Phi) is 6.11. The van der Waals surface area contributed by atoms with Gasteiger partial charge in [-0.25, -0.2) is 9.49 Å². The minimum absolute atomic E-state index is 0.0615. The maximum atomic E-state index is 14.6. The van der Waals surface area contributed by atoms with Gasteiger partial charge in [0.25, 0.3) is 11.5 Å². The van der Waals surface area contributed by atoms with E-state index >= 15 is 0 Å². The van der Waals surface area contributed by atoms with Gasteiger partial charge in [0.2, 0.25) is 0 Å². The molecule has 3 aromatic rings. The normalized spacial score (nSPS) is 15.3. The summed E-state index contributed by atoms with van der Waals surface area (Å²) in [5.41, 5.74) is 1.01. The number of ether oxygens (including phenoxy) is 1. The third-order valence-corrected chi connectivity index (χ3v) is 5.66. The number of halogens is 1. The molecule has 2 aromatic carbocycles. The van der Waals surface area contributed by atoms with Crippen LogP contribution < -0.4 is 5.56 Å². The Hall–Kier alpha value is -3.06. The fourth-order valence-corrected chi connectivity index (χ4v) is 4.19. The molecule has 0 unspecified atom stereocenters. The predicted molar refractivity (Wildman–Crippen MR) is 121 cm³/mol. The van der Waals surface area contributed by atoms with Gasteiger partial charge < -0.3 is 9.64 Å². The van der Waals surface area contributed by atoms with Gasteiger partial charge in [-0.2, -0.15) is 5.10 Å². The number of piperidine rings is 1. The van der Waals surface area contributed by atoms with Gasteiger partial charge in [-0.05, 0) is 57.4 Å². The minimum Gasteiger partial charge on any atom is -0.372 e. The molecule has 1 N–H and O–H groups in total. The lowest BCUT2D eigenvalue weighted by molar-refractivity contribution is -0.0791. The van der Waals surface area contributed by atoms with E-state index in [2.05, 4.69) is 10.2 Å². The Bertz CT molecular complexity index is 1190. The van der Waals surface area contributed by atoms with Crippen LogP contribution in [0.5, 0.6) is 0 Å². The van der Waals surface area contributed by atoms with Crippen molar-refractivity contribution in [2.75, 3.05) is 13.1 Å². The molecule has 4 rings (SSSR count). The molecule has 1 aromatic heterocycles. The van der Waals surface area contributed by atoms with Gasteiger partial charge in [-0.1, -0.05) is 24.3 Å². The summed E-state index contributed by atoms with van der Waals surface area (Å²) >= 11 is 0. The second kappa shape index (κ2) is 8.82. The summed E-state index contributed by atoms with van der Waals surface area (Å²) in [6.07, 6.45) is 1.95. The first-order valence-electron chi connectivity index (χ1n) is 10.9. The number of hydrogen-bond donors (Lipinski definition) is 1. The summed E-state index contributed by atoms with van der Waals surface area (Å²) < 4.78 is 20.6. The average molecular weight is 438 g/mol. The highest BCUT2D eigenvalue weighted by atomic mass is 19.1. The molecule has 1 saturated heterocycles. The van der Waals surface area contributed by atoms with E-state index in [1.54, 1.807) is 29.2 Å². The Morgan fingerprint density at radius 1 is 1.16 bits per heavy atom. The lowest BCUT2D eigenvalue weighted by atomic mass is 10.0. The van der Waals surface area contributed by atoms with Crippen LogP contribution in [0.15, 0.2) is 47.3 Å². The molecule has 1 aliphatic rings. The predicted octanol–water partition coefficient (Wildman–Crippen LogP) is 4.07. The van der Waals surface area contributed by atoms with Crippen LogP contribution in [0.1, 0.15) is 55.2 Å². The van der Waals surface area contributed by atoms with Gasteiger partial charge in [0.05, 0.1) is 28.3 Å². The van der Waals surface area contributed by atoms with E-state index in [-0.39, 0.29) is 28.7 Å². The first-order chi connectivity index (χ1) is 15.2. The van der Waals surface area contributed by atoms with Crippen molar-refractivity contribution in [3.63, 3.8) is 0 Å². The molecule has 0 aliphatic carbocycles. The molecular weight excluding hydrogens is 409 g/mol. The molecule has 32 heavy (non-hydrogen) atoms. The standard InChI is InChI=1S/C25H28FN3O3/c1-25(2,3)32-17-10-12-29(13-11-17)24(31)20-14-16(8-9-21(20)26)15-22-18-6-4-5-7-19(18)23(30)28-27-22/h4-9,14,17H,10-13,15H2,1-3H3,(H,28,30). The molecule has 0 atom stereocenters. The van der Waals surface area contributed by atoms with Gasteiger partial charge >= 0.3 is 0 Å². The fraction of sp³-hybridized carbons (Fsp3) is 0.400. The van der Waals surface area contributed by atoms with Crippen LogP contribution in [0.3, 0.4) is 0 Å². The number of fused-ring (bicyclic) bond motifs is 1. The Morgan fingerprint density at radius 3 is 2.53 bits per heavy atom. The van der Waals surface area contributed by atoms with Crippen molar-refractivity contribution < 1.29 is 13.9 Å². The summed E-state index contributed by atoms with van der Waals surface area (Å²) in [6.45, 7) is 7.13. The first kappa shape index (κ1) is 22.1. The molecule has 6 nitrogen and oxygen atoms in total. The number of likely N-dealkylation sites (tertiary alicyclic amines) is 1. The second-order valence-electron chi connectivity index (χ2n) is 9.26. The summed E-state index contributed by atoms with van der Waals surface area (Å²) in [5, 5.41) is 8.00. The minimum atomic E-state index is -0.536. The van der Waals surface area contributed by atoms with Gasteiger partial charge in [0.1, 0.15) is 5.82 Å². The average Bonchev–Trinajstić information content (AvgIpc) is 2.76. The molecule has 7 heteroatoms. The topological polar surface area (TPSA) is 75.3 Å². The number of carbonyl (C=O) groups is 1. The lowest BCUT2D eigenvalue weighted by Crippen LogP contribution is -2.43. The van der Waals surface area contributed by atoms with Gasteiger partial charge in [-0.3, -0.25) is 9.59 Å². The van der Waals surface area contributed by atoms with Crippen molar-refractivity contribution in [2.24, 2.45) is 0 Å². The molecule has 1 fully saturated rings. The zero-order chi connectivity index (χ0) is 22.9. The number of benzene rings is 2. The summed E-state index contributed by atoms with van der Waals surface area (Å²) in [5.74, 6) is -0.844. The molecule has 1 aliphatic heterocycles. The quantitative estimate of drug-likeness (QED) is 0.668. The Balaban J connectivity index is 1.52. The zero-order valence-electron chi connectivity index (χ0n) is 18.7. The highest BCUT2D eigenvalue weighted by molar-refractivity contribution is 5.95. The highest BCUT2D eigenvalue weighted by Crippen LogP contribution is 2.23. The number of rotatable bonds is 4. The molecule has 1 amide bonds. The van der Waals surface area contributed by atoms with Gasteiger partial charge in [0, 0.05) is 24.9 Å². The second-order valence-corrected chi connectivity index (χ2v) is 9.26. The SMILES string of the molecule is CC(C)(C)OC1CCN(C(=O)c2cc(Cc3n[nH]c(=O)c4ccccc34)ccc2F)CC1. The summed E-state index contributed by atoms with van der Waals surface area (Å²) in [7, 11) is 0. The molecule has 0 radical (unpaired) electrons. The van der Waals surface area contributed by atoms with Crippen LogP contribution in [0.4, 0.5) is 4.39 Å². The molecular formula is C25H28FN3O3. The van der Waals surface area contributed by atoms with E-state index in [0.29, 0.717) is 30.6 Å². The van der Waals surface area contributed by atoms with Crippen molar-refractivity contribution in [3.05, 3.63) is 75.5 Å². The maximum Gasteiger partial charge on any atom is 0.272 e. The molecule has 2 heterocycles. The number of nitrogens with zero attached hydrogens (tertiary/aromatic N) is 2. The van der Waals surface area contributed by atoms with Crippen molar-refractivity contribution in [3.8, 4) is 0 Å². The van der Waals surface area contributed by atoms with Gasteiger partial charge in [-0.15, -0.1) is 0 Å². The number of H-pyrrole nitrogens is 1. The summed E-state index contributed by atoms with van der Waals surface area (Å²) in [6, 6.07) is 11.8. The number of aromatic nitrogens is 2. The van der Waals surface area contributed by atoms with E-state index < -0.39 is 5.82 Å². The molecule has 0 spiro atoms. The van der Waals surface area contributed by atoms with Crippen LogP contribution in [0.2, 0.25) is 0 Å². The van der Waals surface area contributed by atoms with Crippen LogP contribution in [0.25, 0.3) is 10.8 Å². The first-order valence-corrected chi connectivity index (χ1v) is 10.9. The fourth-order valence-electron chi connectivity index (χ4n) is 4.19. The lowest BCUT2D eigenvalue weighted by Gasteiger charge is -2.35. The highest BCUT2D eigenvalue weighted by Gasteiger charge is 2.28. The van der Waals surface area contributed by atoms with E-state index in [4.69, 9.17) is 4.74 Å². The van der Waals surface area contributed by atoms with Crippen LogP contribution in [0, 0.1) is 5.82 Å². The number of carbonyl (C=O) groups excluding carboxylic acids is 1. The monoisotopic (exact) mass is 437 g/mol. The van der Waals surface area contributed by atoms with Crippen molar-refractivity contribution in [1.82, 2.24) is 15.1 Å². The Morgan fingerprint density at radius 2 is 1.84 bits per heavy atom. The zero-order valence-corrected chi connectivity index (χ0v) is 18.7. The third-order valence-electron chi connectivity index (χ3n) is 5.66.